The smallest absolute Gasteiger partial charge is 0.270 e. The van der Waals surface area contributed by atoms with Gasteiger partial charge in [-0.1, -0.05) is 0 Å². The summed E-state index contributed by atoms with van der Waals surface area (Å²) in [7, 11) is 3.91. The molecule has 1 fully saturated rings. The highest BCUT2D eigenvalue weighted by Crippen LogP contribution is 2.44. The van der Waals surface area contributed by atoms with Gasteiger partial charge in [-0.2, -0.15) is 0 Å². The van der Waals surface area contributed by atoms with Crippen LogP contribution in [0.4, 0.5) is 5.69 Å². The van der Waals surface area contributed by atoms with Gasteiger partial charge in [-0.3, -0.25) is 14.9 Å². The molecule has 0 radical (unpaired) electrons. The Kier molecular flexibility index (Phi) is 4.28. The summed E-state index contributed by atoms with van der Waals surface area (Å²) in [6.45, 7) is 5.17. The van der Waals surface area contributed by atoms with E-state index >= 15 is 0 Å². The highest BCUT2D eigenvalue weighted by Gasteiger charge is 2.40. The number of nitrogens with zero attached hydrogens (tertiary/aromatic N) is 3. The molecule has 3 rings (SSSR count). The lowest BCUT2D eigenvalue weighted by Gasteiger charge is -2.40. The molecule has 7 heteroatoms. The molecule has 1 aromatic rings. The molecule has 0 unspecified atom stereocenters. The van der Waals surface area contributed by atoms with Crippen LogP contribution >= 0.6 is 0 Å². The van der Waals surface area contributed by atoms with E-state index in [2.05, 4.69) is 0 Å². The lowest BCUT2D eigenvalue weighted by atomic mass is 9.88. The first-order valence-corrected chi connectivity index (χ1v) is 8.37. The van der Waals surface area contributed by atoms with Crippen molar-refractivity contribution in [1.82, 2.24) is 9.80 Å². The first-order chi connectivity index (χ1) is 11.7. The Labute approximate surface area is 147 Å². The zero-order valence-electron chi connectivity index (χ0n) is 15.0. The average molecular weight is 345 g/mol. The molecule has 134 valence electrons. The number of hydrogen-bond acceptors (Lipinski definition) is 5. The minimum absolute atomic E-state index is 0.00425. The van der Waals surface area contributed by atoms with Gasteiger partial charge >= 0.3 is 0 Å². The van der Waals surface area contributed by atoms with Gasteiger partial charge in [0, 0.05) is 42.8 Å². The highest BCUT2D eigenvalue weighted by molar-refractivity contribution is 5.92. The number of amides is 1. The van der Waals surface area contributed by atoms with Crippen molar-refractivity contribution in [3.63, 3.8) is 0 Å². The molecule has 25 heavy (non-hydrogen) atoms. The third-order valence-corrected chi connectivity index (χ3v) is 4.62. The van der Waals surface area contributed by atoms with E-state index in [4.69, 9.17) is 4.74 Å². The number of carbonyl (C=O) groups excluding carboxylic acids is 1. The second kappa shape index (κ2) is 6.15. The molecule has 0 N–H and O–H groups in total. The molecule has 0 aliphatic carbocycles. The monoisotopic (exact) mass is 345 g/mol. The van der Waals surface area contributed by atoms with E-state index in [9.17, 15) is 14.9 Å². The van der Waals surface area contributed by atoms with Gasteiger partial charge < -0.3 is 14.5 Å². The molecule has 1 aromatic carbocycles. The fourth-order valence-electron chi connectivity index (χ4n) is 3.46. The molecular weight excluding hydrogens is 322 g/mol. The third kappa shape index (κ3) is 3.11. The molecule has 0 bridgehead atoms. The fourth-order valence-corrected chi connectivity index (χ4v) is 3.46. The number of carbonyl (C=O) groups is 1. The SMILES string of the molecule is CN(C)CC1=C(N2CCCC2=O)c2cc([N+](=O)[O-])ccc2OC1(C)C. The summed E-state index contributed by atoms with van der Waals surface area (Å²) in [5.41, 5.74) is 1.74. The zero-order chi connectivity index (χ0) is 18.4. The molecule has 2 heterocycles. The first kappa shape index (κ1) is 17.4. The number of ether oxygens (including phenoxy) is 1. The lowest BCUT2D eigenvalue weighted by Crippen LogP contribution is -2.42. The van der Waals surface area contributed by atoms with Gasteiger partial charge in [-0.25, -0.2) is 0 Å². The van der Waals surface area contributed by atoms with Crippen LogP contribution in [-0.4, -0.2) is 53.4 Å². The molecule has 0 aromatic heterocycles. The Morgan fingerprint density at radius 2 is 2.08 bits per heavy atom. The fraction of sp³-hybridized carbons (Fsp3) is 0.500. The van der Waals surface area contributed by atoms with Gasteiger partial charge in [0.15, 0.2) is 0 Å². The van der Waals surface area contributed by atoms with E-state index in [1.54, 1.807) is 11.0 Å². The molecule has 0 atom stereocenters. The summed E-state index contributed by atoms with van der Waals surface area (Å²) in [4.78, 5) is 27.0. The molecule has 0 spiro atoms. The number of nitro groups is 1. The largest absolute Gasteiger partial charge is 0.483 e. The van der Waals surface area contributed by atoms with Crippen molar-refractivity contribution < 1.29 is 14.5 Å². The number of hydrogen-bond donors (Lipinski definition) is 0. The van der Waals surface area contributed by atoms with Crippen molar-refractivity contribution in [3.05, 3.63) is 39.4 Å². The van der Waals surface area contributed by atoms with Crippen molar-refractivity contribution in [1.29, 1.82) is 0 Å². The maximum absolute atomic E-state index is 12.4. The number of likely N-dealkylation sites (N-methyl/N-ethyl adjacent to an activating group) is 1. The molecule has 7 nitrogen and oxygen atoms in total. The summed E-state index contributed by atoms with van der Waals surface area (Å²) >= 11 is 0. The number of fused-ring (bicyclic) bond motifs is 1. The Balaban J connectivity index is 2.25. The van der Waals surface area contributed by atoms with Crippen molar-refractivity contribution in [3.8, 4) is 5.75 Å². The van der Waals surface area contributed by atoms with Crippen molar-refractivity contribution in [2.45, 2.75) is 32.3 Å². The van der Waals surface area contributed by atoms with Gasteiger partial charge in [0.1, 0.15) is 11.4 Å². The minimum Gasteiger partial charge on any atom is -0.483 e. The van der Waals surface area contributed by atoms with Crippen molar-refractivity contribution >= 4 is 17.3 Å². The first-order valence-electron chi connectivity index (χ1n) is 8.37. The van der Waals surface area contributed by atoms with Crippen molar-refractivity contribution in [2.75, 3.05) is 27.2 Å². The third-order valence-electron chi connectivity index (χ3n) is 4.62. The maximum atomic E-state index is 12.4. The van der Waals surface area contributed by atoms with E-state index < -0.39 is 10.5 Å². The average Bonchev–Trinajstić information content (AvgIpc) is 2.92. The molecule has 0 saturated carbocycles. The summed E-state index contributed by atoms with van der Waals surface area (Å²) in [5, 5.41) is 11.2. The zero-order valence-corrected chi connectivity index (χ0v) is 15.0. The van der Waals surface area contributed by atoms with Gasteiger partial charge in [-0.15, -0.1) is 0 Å². The Morgan fingerprint density at radius 3 is 2.64 bits per heavy atom. The normalized spacial score (nSPS) is 19.2. The van der Waals surface area contributed by atoms with Crippen LogP contribution in [0.15, 0.2) is 23.8 Å². The number of non-ortho nitro benzene ring substituents is 1. The van der Waals surface area contributed by atoms with Crippen LogP contribution in [-0.2, 0) is 4.79 Å². The van der Waals surface area contributed by atoms with Crippen LogP contribution in [0.25, 0.3) is 5.70 Å². The summed E-state index contributed by atoms with van der Waals surface area (Å²) in [6.07, 6.45) is 1.30. The van der Waals surface area contributed by atoms with Gasteiger partial charge in [-0.05, 0) is 40.4 Å². The van der Waals surface area contributed by atoms with Gasteiger partial charge in [0.05, 0.1) is 10.6 Å². The van der Waals surface area contributed by atoms with Crippen LogP contribution in [0.5, 0.6) is 5.75 Å². The van der Waals surface area contributed by atoms with Crippen LogP contribution in [0, 0.1) is 10.1 Å². The molecular formula is C18H23N3O4. The van der Waals surface area contributed by atoms with E-state index in [1.807, 2.05) is 32.8 Å². The van der Waals surface area contributed by atoms with E-state index in [-0.39, 0.29) is 11.6 Å². The summed E-state index contributed by atoms with van der Waals surface area (Å²) in [5.74, 6) is 0.634. The van der Waals surface area contributed by atoms with E-state index in [1.165, 1.54) is 12.1 Å². The summed E-state index contributed by atoms with van der Waals surface area (Å²) in [6, 6.07) is 4.58. The van der Waals surface area contributed by atoms with Crippen LogP contribution in [0.3, 0.4) is 0 Å². The van der Waals surface area contributed by atoms with E-state index in [0.29, 0.717) is 30.8 Å². The second-order valence-electron chi connectivity index (χ2n) is 7.26. The lowest BCUT2D eigenvalue weighted by molar-refractivity contribution is -0.384. The summed E-state index contributed by atoms with van der Waals surface area (Å²) < 4.78 is 6.15. The predicted octanol–water partition coefficient (Wildman–Crippen LogP) is 2.66. The van der Waals surface area contributed by atoms with Crippen LogP contribution in [0.2, 0.25) is 0 Å². The number of likely N-dealkylation sites (tertiary alicyclic amines) is 1. The van der Waals surface area contributed by atoms with E-state index in [0.717, 1.165) is 17.7 Å². The Bertz CT molecular complexity index is 768. The number of benzene rings is 1. The molecule has 1 amide bonds. The van der Waals surface area contributed by atoms with Gasteiger partial charge in [0.25, 0.3) is 5.69 Å². The Hall–Kier alpha value is -2.41. The second-order valence-corrected chi connectivity index (χ2v) is 7.26. The van der Waals surface area contributed by atoms with Gasteiger partial charge in [0.2, 0.25) is 5.91 Å². The molecule has 1 saturated heterocycles. The number of nitro benzene ring substituents is 1. The van der Waals surface area contributed by atoms with Crippen LogP contribution < -0.4 is 4.74 Å². The molecule has 2 aliphatic rings. The quantitative estimate of drug-likeness (QED) is 0.619. The standard InChI is InChI=1S/C18H23N3O4/c1-18(2)14(11-19(3)4)17(20-9-5-6-16(20)22)13-10-12(21(23)24)7-8-15(13)25-18/h7-8,10H,5-6,9,11H2,1-4H3. The number of rotatable bonds is 4. The topological polar surface area (TPSA) is 75.9 Å². The minimum atomic E-state index is -0.606. The molecule has 2 aliphatic heterocycles. The predicted molar refractivity (Wildman–Crippen MR) is 94.2 cm³/mol. The van der Waals surface area contributed by atoms with Crippen LogP contribution in [0.1, 0.15) is 32.3 Å². The maximum Gasteiger partial charge on any atom is 0.270 e. The highest BCUT2D eigenvalue weighted by atomic mass is 16.6. The Morgan fingerprint density at radius 1 is 1.36 bits per heavy atom. The van der Waals surface area contributed by atoms with Crippen molar-refractivity contribution in [2.24, 2.45) is 0 Å².